The second-order valence-corrected chi connectivity index (χ2v) is 3.48. The Hall–Kier alpha value is -1.22. The summed E-state index contributed by atoms with van der Waals surface area (Å²) in [6.45, 7) is 1.91. The van der Waals surface area contributed by atoms with Crippen LogP contribution >= 0.6 is 0 Å². The summed E-state index contributed by atoms with van der Waals surface area (Å²) in [7, 11) is 0. The Morgan fingerprint density at radius 3 is 3.00 bits per heavy atom. The molecule has 1 aliphatic rings. The van der Waals surface area contributed by atoms with Crippen LogP contribution in [0.15, 0.2) is 18.2 Å². The third kappa shape index (κ3) is 1.47. The summed E-state index contributed by atoms with van der Waals surface area (Å²) in [5, 5.41) is 18.6. The number of benzene rings is 1. The fourth-order valence-corrected chi connectivity index (χ4v) is 1.53. The molecule has 2 atom stereocenters. The highest BCUT2D eigenvalue weighted by atomic mass is 16.6. The maximum absolute atomic E-state index is 9.41. The lowest BCUT2D eigenvalue weighted by Crippen LogP contribution is -2.30. The molecule has 0 saturated heterocycles. The molecule has 2 N–H and O–H groups in total. The van der Waals surface area contributed by atoms with Gasteiger partial charge in [-0.2, -0.15) is 0 Å². The molecular formula is C10H12O3. The van der Waals surface area contributed by atoms with Crippen molar-refractivity contribution in [1.29, 1.82) is 0 Å². The van der Waals surface area contributed by atoms with E-state index in [1.165, 1.54) is 0 Å². The maximum Gasteiger partial charge on any atom is 0.200 e. The van der Waals surface area contributed by atoms with Gasteiger partial charge in [0.2, 0.25) is 0 Å². The number of phenols is 1. The normalized spacial score (nSPS) is 26.3. The topological polar surface area (TPSA) is 49.7 Å². The minimum Gasteiger partial charge on any atom is -0.508 e. The SMILES string of the molecule is C[C@H]1Cc2cc(O)ccc2O[C@H]1O. The van der Waals surface area contributed by atoms with Crippen LogP contribution in [0.3, 0.4) is 0 Å². The molecule has 3 heteroatoms. The predicted molar refractivity (Wildman–Crippen MR) is 47.6 cm³/mol. The van der Waals surface area contributed by atoms with Crippen molar-refractivity contribution in [2.75, 3.05) is 0 Å². The Kier molecular flexibility index (Phi) is 1.88. The first-order valence-corrected chi connectivity index (χ1v) is 4.33. The summed E-state index contributed by atoms with van der Waals surface area (Å²) < 4.78 is 5.24. The van der Waals surface area contributed by atoms with Crippen LogP contribution in [0.25, 0.3) is 0 Å². The number of aliphatic hydroxyl groups is 1. The third-order valence-corrected chi connectivity index (χ3v) is 2.32. The number of aliphatic hydroxyl groups excluding tert-OH is 1. The summed E-state index contributed by atoms with van der Waals surface area (Å²) in [6, 6.07) is 4.92. The van der Waals surface area contributed by atoms with E-state index in [-0.39, 0.29) is 11.7 Å². The molecule has 0 saturated carbocycles. The molecule has 0 unspecified atom stereocenters. The van der Waals surface area contributed by atoms with Crippen LogP contribution in [0, 0.1) is 5.92 Å². The van der Waals surface area contributed by atoms with Crippen molar-refractivity contribution in [3.05, 3.63) is 23.8 Å². The van der Waals surface area contributed by atoms with E-state index in [1.54, 1.807) is 18.2 Å². The quantitative estimate of drug-likeness (QED) is 0.632. The largest absolute Gasteiger partial charge is 0.508 e. The molecule has 1 aromatic rings. The Balaban J connectivity index is 2.37. The monoisotopic (exact) mass is 180 g/mol. The number of fused-ring (bicyclic) bond motifs is 1. The van der Waals surface area contributed by atoms with E-state index in [9.17, 15) is 10.2 Å². The van der Waals surface area contributed by atoms with Gasteiger partial charge in [0.1, 0.15) is 11.5 Å². The van der Waals surface area contributed by atoms with Crippen LogP contribution in [-0.4, -0.2) is 16.5 Å². The minimum atomic E-state index is -0.725. The Bertz CT molecular complexity index is 322. The average Bonchev–Trinajstić information content (AvgIpc) is 2.08. The van der Waals surface area contributed by atoms with Gasteiger partial charge in [-0.3, -0.25) is 0 Å². The predicted octanol–water partition coefficient (Wildman–Crippen LogP) is 1.28. The number of aromatic hydroxyl groups is 1. The lowest BCUT2D eigenvalue weighted by molar-refractivity contribution is -0.0670. The molecule has 1 heterocycles. The molecule has 0 aromatic heterocycles. The van der Waals surface area contributed by atoms with Gasteiger partial charge >= 0.3 is 0 Å². The highest BCUT2D eigenvalue weighted by molar-refractivity contribution is 5.41. The zero-order valence-corrected chi connectivity index (χ0v) is 7.40. The second kappa shape index (κ2) is 2.92. The molecule has 1 aromatic carbocycles. The summed E-state index contributed by atoms with van der Waals surface area (Å²) in [6.07, 6.45) is 0.0160. The van der Waals surface area contributed by atoms with Gasteiger partial charge in [-0.15, -0.1) is 0 Å². The van der Waals surface area contributed by atoms with Gasteiger partial charge < -0.3 is 14.9 Å². The number of ether oxygens (including phenoxy) is 1. The number of hydrogen-bond donors (Lipinski definition) is 2. The van der Waals surface area contributed by atoms with Crippen LogP contribution in [0.4, 0.5) is 0 Å². The first-order valence-electron chi connectivity index (χ1n) is 4.33. The Morgan fingerprint density at radius 2 is 2.23 bits per heavy atom. The van der Waals surface area contributed by atoms with E-state index in [4.69, 9.17) is 4.74 Å². The molecule has 2 rings (SSSR count). The van der Waals surface area contributed by atoms with Gasteiger partial charge in [0, 0.05) is 5.92 Å². The fourth-order valence-electron chi connectivity index (χ4n) is 1.53. The van der Waals surface area contributed by atoms with Crippen molar-refractivity contribution in [2.45, 2.75) is 19.6 Å². The lowest BCUT2D eigenvalue weighted by Gasteiger charge is -2.27. The van der Waals surface area contributed by atoms with Crippen LogP contribution in [0.2, 0.25) is 0 Å². The minimum absolute atomic E-state index is 0.0781. The molecule has 13 heavy (non-hydrogen) atoms. The highest BCUT2D eigenvalue weighted by Crippen LogP contribution is 2.32. The van der Waals surface area contributed by atoms with Crippen molar-refractivity contribution in [1.82, 2.24) is 0 Å². The molecule has 0 amide bonds. The first kappa shape index (κ1) is 8.38. The van der Waals surface area contributed by atoms with Crippen LogP contribution < -0.4 is 4.74 Å². The summed E-state index contributed by atoms with van der Waals surface area (Å²) in [5.74, 6) is 0.989. The zero-order chi connectivity index (χ0) is 9.42. The number of hydrogen-bond acceptors (Lipinski definition) is 3. The van der Waals surface area contributed by atoms with Crippen molar-refractivity contribution >= 4 is 0 Å². The van der Waals surface area contributed by atoms with Crippen molar-refractivity contribution < 1.29 is 14.9 Å². The van der Waals surface area contributed by atoms with Gasteiger partial charge in [0.05, 0.1) is 0 Å². The van der Waals surface area contributed by atoms with E-state index in [0.717, 1.165) is 12.0 Å². The zero-order valence-electron chi connectivity index (χ0n) is 7.40. The van der Waals surface area contributed by atoms with E-state index >= 15 is 0 Å². The lowest BCUT2D eigenvalue weighted by atomic mass is 9.97. The van der Waals surface area contributed by atoms with Crippen LogP contribution in [0.1, 0.15) is 12.5 Å². The van der Waals surface area contributed by atoms with Gasteiger partial charge in [-0.05, 0) is 30.2 Å². The molecule has 0 spiro atoms. The van der Waals surface area contributed by atoms with Gasteiger partial charge in [0.15, 0.2) is 6.29 Å². The molecule has 70 valence electrons. The molecule has 0 aliphatic carbocycles. The molecule has 0 bridgehead atoms. The summed E-state index contributed by atoms with van der Waals surface area (Å²) in [4.78, 5) is 0. The van der Waals surface area contributed by atoms with E-state index in [0.29, 0.717) is 5.75 Å². The number of rotatable bonds is 0. The van der Waals surface area contributed by atoms with Crippen molar-refractivity contribution in [3.63, 3.8) is 0 Å². The molecular weight excluding hydrogens is 168 g/mol. The Labute approximate surface area is 76.6 Å². The molecule has 0 radical (unpaired) electrons. The summed E-state index contributed by atoms with van der Waals surface area (Å²) >= 11 is 0. The third-order valence-electron chi connectivity index (χ3n) is 2.32. The highest BCUT2D eigenvalue weighted by Gasteiger charge is 2.24. The van der Waals surface area contributed by atoms with E-state index in [1.807, 2.05) is 6.92 Å². The van der Waals surface area contributed by atoms with Gasteiger partial charge in [0.25, 0.3) is 0 Å². The maximum atomic E-state index is 9.41. The van der Waals surface area contributed by atoms with Crippen molar-refractivity contribution in [3.8, 4) is 11.5 Å². The smallest absolute Gasteiger partial charge is 0.200 e. The van der Waals surface area contributed by atoms with Gasteiger partial charge in [-0.25, -0.2) is 0 Å². The fraction of sp³-hybridized carbons (Fsp3) is 0.400. The van der Waals surface area contributed by atoms with Crippen LogP contribution in [0.5, 0.6) is 11.5 Å². The van der Waals surface area contributed by atoms with Crippen LogP contribution in [-0.2, 0) is 6.42 Å². The number of phenolic OH excluding ortho intramolecular Hbond substituents is 1. The second-order valence-electron chi connectivity index (χ2n) is 3.48. The molecule has 3 nitrogen and oxygen atoms in total. The van der Waals surface area contributed by atoms with Gasteiger partial charge in [-0.1, -0.05) is 6.92 Å². The first-order chi connectivity index (χ1) is 6.16. The summed E-state index contributed by atoms with van der Waals surface area (Å²) in [5.41, 5.74) is 0.956. The van der Waals surface area contributed by atoms with E-state index in [2.05, 4.69) is 0 Å². The van der Waals surface area contributed by atoms with Crippen molar-refractivity contribution in [2.24, 2.45) is 5.92 Å². The Morgan fingerprint density at radius 1 is 1.46 bits per heavy atom. The molecule has 0 fully saturated rings. The average molecular weight is 180 g/mol. The molecule has 1 aliphatic heterocycles. The van der Waals surface area contributed by atoms with E-state index < -0.39 is 6.29 Å². The standard InChI is InChI=1S/C10H12O3/c1-6-4-7-5-8(11)2-3-9(7)13-10(6)12/h2-3,5-6,10-12H,4H2,1H3/t6-,10+/m0/s1.